The fourth-order valence-electron chi connectivity index (χ4n) is 2.25. The van der Waals surface area contributed by atoms with Gasteiger partial charge in [-0.1, -0.05) is 12.1 Å². The van der Waals surface area contributed by atoms with Crippen LogP contribution in [0.15, 0.2) is 29.2 Å². The third-order valence-corrected chi connectivity index (χ3v) is 5.01. The number of hydrogen-bond donors (Lipinski definition) is 2. The van der Waals surface area contributed by atoms with Gasteiger partial charge in [-0.2, -0.15) is 0 Å². The maximum absolute atomic E-state index is 12.3. The van der Waals surface area contributed by atoms with Crippen molar-refractivity contribution in [3.63, 3.8) is 0 Å². The Labute approximate surface area is 127 Å². The molecule has 1 atom stereocenters. The highest BCUT2D eigenvalue weighted by Gasteiger charge is 2.20. The Kier molecular flexibility index (Phi) is 5.37. The van der Waals surface area contributed by atoms with Crippen LogP contribution in [-0.4, -0.2) is 46.0 Å². The summed E-state index contributed by atoms with van der Waals surface area (Å²) >= 11 is 0. The molecule has 0 amide bonds. The van der Waals surface area contributed by atoms with Crippen LogP contribution >= 0.6 is 0 Å². The van der Waals surface area contributed by atoms with Crippen molar-refractivity contribution in [1.82, 2.24) is 14.9 Å². The zero-order valence-electron chi connectivity index (χ0n) is 13.0. The number of hydrogen-bond acceptors (Lipinski definition) is 4. The van der Waals surface area contributed by atoms with E-state index < -0.39 is 10.0 Å². The molecule has 0 aromatic heterocycles. The van der Waals surface area contributed by atoms with Gasteiger partial charge in [0.15, 0.2) is 0 Å². The Bertz CT molecular complexity index is 551. The molecule has 1 aliphatic rings. The van der Waals surface area contributed by atoms with Gasteiger partial charge in [0.1, 0.15) is 0 Å². The molecule has 0 saturated heterocycles. The lowest BCUT2D eigenvalue weighted by molar-refractivity contribution is 0.370. The molecule has 21 heavy (non-hydrogen) atoms. The highest BCUT2D eigenvalue weighted by atomic mass is 32.2. The molecule has 118 valence electrons. The van der Waals surface area contributed by atoms with Gasteiger partial charge in [-0.15, -0.1) is 0 Å². The minimum absolute atomic E-state index is 0.124. The molecular weight excluding hydrogens is 286 g/mol. The zero-order valence-corrected chi connectivity index (χ0v) is 13.8. The summed E-state index contributed by atoms with van der Waals surface area (Å²) in [7, 11) is 0.408. The fraction of sp³-hybridized carbons (Fsp3) is 0.600. The first kappa shape index (κ1) is 16.4. The van der Waals surface area contributed by atoms with Gasteiger partial charge >= 0.3 is 0 Å². The van der Waals surface area contributed by atoms with E-state index in [9.17, 15) is 8.42 Å². The Balaban J connectivity index is 1.95. The Morgan fingerprint density at radius 1 is 1.24 bits per heavy atom. The largest absolute Gasteiger partial charge is 0.310 e. The summed E-state index contributed by atoms with van der Waals surface area (Å²) in [5, 5.41) is 3.41. The quantitative estimate of drug-likeness (QED) is 0.756. The lowest BCUT2D eigenvalue weighted by Gasteiger charge is -2.18. The molecule has 2 rings (SSSR count). The third kappa shape index (κ3) is 5.39. The SMILES string of the molecule is CC(CN(C)C)NS(=O)(=O)c1ccc(CNC2CC2)cc1. The minimum Gasteiger partial charge on any atom is -0.310 e. The molecule has 0 radical (unpaired) electrons. The van der Waals surface area contributed by atoms with E-state index in [1.165, 1.54) is 12.8 Å². The highest BCUT2D eigenvalue weighted by molar-refractivity contribution is 7.89. The molecule has 1 aliphatic carbocycles. The molecule has 0 bridgehead atoms. The van der Waals surface area contributed by atoms with E-state index in [0.29, 0.717) is 17.5 Å². The van der Waals surface area contributed by atoms with Gasteiger partial charge in [-0.05, 0) is 51.6 Å². The van der Waals surface area contributed by atoms with Crippen LogP contribution in [0, 0.1) is 0 Å². The summed E-state index contributed by atoms with van der Waals surface area (Å²) in [4.78, 5) is 2.28. The van der Waals surface area contributed by atoms with Crippen molar-refractivity contribution in [3.05, 3.63) is 29.8 Å². The molecule has 2 N–H and O–H groups in total. The van der Waals surface area contributed by atoms with Crippen molar-refractivity contribution in [2.75, 3.05) is 20.6 Å². The Morgan fingerprint density at radius 2 is 1.86 bits per heavy atom. The molecule has 1 saturated carbocycles. The first-order valence-electron chi connectivity index (χ1n) is 7.36. The summed E-state index contributed by atoms with van der Waals surface area (Å²) in [6.45, 7) is 3.34. The molecular formula is C15H25N3O2S. The van der Waals surface area contributed by atoms with Crippen LogP contribution in [0.4, 0.5) is 0 Å². The summed E-state index contributed by atoms with van der Waals surface area (Å²) in [5.41, 5.74) is 1.11. The molecule has 1 fully saturated rings. The van der Waals surface area contributed by atoms with Crippen LogP contribution < -0.4 is 10.0 Å². The zero-order chi connectivity index (χ0) is 15.5. The van der Waals surface area contributed by atoms with Gasteiger partial charge in [0.25, 0.3) is 0 Å². The number of benzene rings is 1. The van der Waals surface area contributed by atoms with Gasteiger partial charge in [-0.25, -0.2) is 13.1 Å². The fourth-order valence-corrected chi connectivity index (χ4v) is 3.49. The minimum atomic E-state index is -3.44. The molecule has 1 unspecified atom stereocenters. The standard InChI is InChI=1S/C15H25N3O2S/c1-12(11-18(2)3)17-21(19,20)15-8-4-13(5-9-15)10-16-14-6-7-14/h4-5,8-9,12,14,16-17H,6-7,10-11H2,1-3H3. The topological polar surface area (TPSA) is 61.4 Å². The van der Waals surface area contributed by atoms with Crippen molar-refractivity contribution in [2.45, 2.75) is 43.3 Å². The van der Waals surface area contributed by atoms with E-state index in [-0.39, 0.29) is 6.04 Å². The van der Waals surface area contributed by atoms with Crippen LogP contribution in [0.3, 0.4) is 0 Å². The van der Waals surface area contributed by atoms with E-state index in [2.05, 4.69) is 10.0 Å². The van der Waals surface area contributed by atoms with Gasteiger partial charge in [0.2, 0.25) is 10.0 Å². The Hall–Kier alpha value is -0.950. The van der Waals surface area contributed by atoms with Gasteiger partial charge < -0.3 is 10.2 Å². The predicted octanol–water partition coefficient (Wildman–Crippen LogP) is 1.17. The molecule has 5 nitrogen and oxygen atoms in total. The van der Waals surface area contributed by atoms with Crippen LogP contribution in [-0.2, 0) is 16.6 Å². The molecule has 6 heteroatoms. The molecule has 1 aromatic rings. The van der Waals surface area contributed by atoms with Crippen molar-refractivity contribution >= 4 is 10.0 Å². The van der Waals surface area contributed by atoms with Crippen molar-refractivity contribution in [1.29, 1.82) is 0 Å². The van der Waals surface area contributed by atoms with E-state index in [4.69, 9.17) is 0 Å². The maximum atomic E-state index is 12.3. The second-order valence-electron chi connectivity index (χ2n) is 6.08. The number of sulfonamides is 1. The van der Waals surface area contributed by atoms with Gasteiger partial charge in [-0.3, -0.25) is 0 Å². The second-order valence-corrected chi connectivity index (χ2v) is 7.80. The van der Waals surface area contributed by atoms with E-state index in [1.54, 1.807) is 12.1 Å². The molecule has 0 aliphatic heterocycles. The lowest BCUT2D eigenvalue weighted by atomic mass is 10.2. The molecule has 0 spiro atoms. The predicted molar refractivity (Wildman–Crippen MR) is 84.6 cm³/mol. The van der Waals surface area contributed by atoms with Gasteiger partial charge in [0.05, 0.1) is 4.90 Å². The first-order chi connectivity index (χ1) is 9.87. The first-order valence-corrected chi connectivity index (χ1v) is 8.84. The molecule has 0 heterocycles. The summed E-state index contributed by atoms with van der Waals surface area (Å²) in [6.07, 6.45) is 2.50. The summed E-state index contributed by atoms with van der Waals surface area (Å²) in [5.74, 6) is 0. The van der Waals surface area contributed by atoms with Crippen molar-refractivity contribution < 1.29 is 8.42 Å². The van der Waals surface area contributed by atoms with Crippen LogP contribution in [0.25, 0.3) is 0 Å². The molecule has 1 aromatic carbocycles. The summed E-state index contributed by atoms with van der Waals surface area (Å²) in [6, 6.07) is 7.63. The van der Waals surface area contributed by atoms with Crippen LogP contribution in [0.5, 0.6) is 0 Å². The average molecular weight is 311 g/mol. The average Bonchev–Trinajstić information content (AvgIpc) is 3.19. The highest BCUT2D eigenvalue weighted by Crippen LogP contribution is 2.19. The number of nitrogens with one attached hydrogen (secondary N) is 2. The van der Waals surface area contributed by atoms with E-state index in [0.717, 1.165) is 12.1 Å². The number of rotatable bonds is 8. The third-order valence-electron chi connectivity index (χ3n) is 3.40. The van der Waals surface area contributed by atoms with E-state index in [1.807, 2.05) is 38.1 Å². The van der Waals surface area contributed by atoms with Crippen LogP contribution in [0.1, 0.15) is 25.3 Å². The normalized spacial score (nSPS) is 17.1. The number of likely N-dealkylation sites (N-methyl/N-ethyl adjacent to an activating group) is 1. The smallest absolute Gasteiger partial charge is 0.240 e. The lowest BCUT2D eigenvalue weighted by Crippen LogP contribution is -2.39. The van der Waals surface area contributed by atoms with E-state index >= 15 is 0 Å². The maximum Gasteiger partial charge on any atom is 0.240 e. The Morgan fingerprint density at radius 3 is 2.38 bits per heavy atom. The number of nitrogens with zero attached hydrogens (tertiary/aromatic N) is 1. The van der Waals surface area contributed by atoms with Crippen LogP contribution in [0.2, 0.25) is 0 Å². The second kappa shape index (κ2) is 6.87. The summed E-state index contributed by atoms with van der Waals surface area (Å²) < 4.78 is 27.2. The van der Waals surface area contributed by atoms with Gasteiger partial charge in [0, 0.05) is 25.2 Å². The monoisotopic (exact) mass is 311 g/mol. The van der Waals surface area contributed by atoms with Crippen molar-refractivity contribution in [3.8, 4) is 0 Å². The van der Waals surface area contributed by atoms with Crippen molar-refractivity contribution in [2.24, 2.45) is 0 Å².